The van der Waals surface area contributed by atoms with Crippen molar-refractivity contribution in [3.05, 3.63) is 94.7 Å². The number of aldehydes is 1. The molecule has 0 atom stereocenters. The lowest BCUT2D eigenvalue weighted by atomic mass is 9.94. The summed E-state index contributed by atoms with van der Waals surface area (Å²) in [4.78, 5) is 35.3. The molecule has 3 N–H and O–H groups in total. The van der Waals surface area contributed by atoms with Crippen molar-refractivity contribution in [2.45, 2.75) is 26.3 Å². The Morgan fingerprint density at radius 1 is 1.03 bits per heavy atom. The number of primary amides is 1. The second-order valence-corrected chi connectivity index (χ2v) is 7.92. The minimum absolute atomic E-state index is 0.0455. The van der Waals surface area contributed by atoms with E-state index in [0.717, 1.165) is 27.7 Å². The molecule has 0 radical (unpaired) electrons. The standard InChI is InChI=1S/C27H24N2O4/c1-2-24-22(14-26(28)31)21-13-18(19-9-6-10-20(27(32)33)23(19)16-30)11-12-25(21)29(24)15-17-7-4-3-5-8-17/h3-13,16H,2,14-15H2,1H3,(H2,28,31)(H,32,33). The lowest BCUT2D eigenvalue weighted by molar-refractivity contribution is -0.117. The maximum Gasteiger partial charge on any atom is 0.336 e. The number of carboxylic acids is 1. The summed E-state index contributed by atoms with van der Waals surface area (Å²) < 4.78 is 2.20. The monoisotopic (exact) mass is 440 g/mol. The summed E-state index contributed by atoms with van der Waals surface area (Å²) in [5.41, 5.74) is 10.9. The topological polar surface area (TPSA) is 102 Å². The van der Waals surface area contributed by atoms with Crippen LogP contribution < -0.4 is 5.73 Å². The first kappa shape index (κ1) is 22.0. The number of aromatic carboxylic acids is 1. The normalized spacial score (nSPS) is 10.9. The molecule has 0 aliphatic heterocycles. The zero-order valence-corrected chi connectivity index (χ0v) is 18.2. The van der Waals surface area contributed by atoms with Crippen molar-refractivity contribution < 1.29 is 19.5 Å². The molecule has 4 rings (SSSR count). The second kappa shape index (κ2) is 9.12. The van der Waals surface area contributed by atoms with E-state index in [1.54, 1.807) is 12.1 Å². The first-order valence-corrected chi connectivity index (χ1v) is 10.7. The minimum atomic E-state index is -1.16. The van der Waals surface area contributed by atoms with E-state index in [2.05, 4.69) is 16.7 Å². The van der Waals surface area contributed by atoms with Gasteiger partial charge < -0.3 is 15.4 Å². The third-order valence-corrected chi connectivity index (χ3v) is 5.92. The van der Waals surface area contributed by atoms with Crippen molar-refractivity contribution in [2.24, 2.45) is 5.73 Å². The average molecular weight is 440 g/mol. The molecule has 0 spiro atoms. The highest BCUT2D eigenvalue weighted by atomic mass is 16.4. The fraction of sp³-hybridized carbons (Fsp3) is 0.148. The van der Waals surface area contributed by atoms with Crippen LogP contribution in [0.25, 0.3) is 22.0 Å². The molecule has 1 heterocycles. The number of carboxylic acid groups (broad SMARTS) is 1. The van der Waals surface area contributed by atoms with E-state index >= 15 is 0 Å². The van der Waals surface area contributed by atoms with E-state index in [0.29, 0.717) is 30.4 Å². The molecule has 0 aliphatic rings. The Hall–Kier alpha value is -4.19. The van der Waals surface area contributed by atoms with Gasteiger partial charge in [0.15, 0.2) is 6.29 Å². The third-order valence-electron chi connectivity index (χ3n) is 5.92. The first-order chi connectivity index (χ1) is 15.9. The predicted molar refractivity (Wildman–Crippen MR) is 128 cm³/mol. The number of nitrogens with zero attached hydrogens (tertiary/aromatic N) is 1. The summed E-state index contributed by atoms with van der Waals surface area (Å²) in [6.45, 7) is 2.69. The molecule has 1 aromatic heterocycles. The van der Waals surface area contributed by atoms with Crippen LogP contribution in [0.5, 0.6) is 0 Å². The second-order valence-electron chi connectivity index (χ2n) is 7.92. The van der Waals surface area contributed by atoms with Gasteiger partial charge in [0.25, 0.3) is 0 Å². The lowest BCUT2D eigenvalue weighted by Gasteiger charge is -2.11. The van der Waals surface area contributed by atoms with Gasteiger partial charge in [-0.3, -0.25) is 9.59 Å². The number of fused-ring (bicyclic) bond motifs is 1. The quantitative estimate of drug-likeness (QED) is 0.395. The number of aromatic nitrogens is 1. The maximum atomic E-state index is 11.9. The van der Waals surface area contributed by atoms with Gasteiger partial charge in [0.05, 0.1) is 12.0 Å². The van der Waals surface area contributed by atoms with Gasteiger partial charge in [-0.1, -0.05) is 55.5 Å². The van der Waals surface area contributed by atoms with Gasteiger partial charge in [0.1, 0.15) is 0 Å². The van der Waals surface area contributed by atoms with Crippen LogP contribution in [-0.4, -0.2) is 27.8 Å². The van der Waals surface area contributed by atoms with Crippen molar-refractivity contribution >= 4 is 29.1 Å². The molecule has 0 unspecified atom stereocenters. The first-order valence-electron chi connectivity index (χ1n) is 10.7. The van der Waals surface area contributed by atoms with Gasteiger partial charge in [-0.25, -0.2) is 4.79 Å². The van der Waals surface area contributed by atoms with Crippen molar-refractivity contribution in [1.29, 1.82) is 0 Å². The average Bonchev–Trinajstić information content (AvgIpc) is 3.10. The highest BCUT2D eigenvalue weighted by Gasteiger charge is 2.20. The highest BCUT2D eigenvalue weighted by molar-refractivity contribution is 6.03. The van der Waals surface area contributed by atoms with Crippen LogP contribution >= 0.6 is 0 Å². The van der Waals surface area contributed by atoms with Gasteiger partial charge in [-0.05, 0) is 46.9 Å². The van der Waals surface area contributed by atoms with Gasteiger partial charge >= 0.3 is 5.97 Å². The fourth-order valence-electron chi connectivity index (χ4n) is 4.50. The van der Waals surface area contributed by atoms with E-state index < -0.39 is 11.9 Å². The molecule has 166 valence electrons. The number of rotatable bonds is 8. The predicted octanol–water partition coefficient (Wildman–Crippen LogP) is 4.46. The highest BCUT2D eigenvalue weighted by Crippen LogP contribution is 2.34. The Balaban J connectivity index is 1.96. The van der Waals surface area contributed by atoms with Crippen molar-refractivity contribution in [2.75, 3.05) is 0 Å². The van der Waals surface area contributed by atoms with Crippen molar-refractivity contribution in [1.82, 2.24) is 4.57 Å². The smallest absolute Gasteiger partial charge is 0.336 e. The molecule has 0 aliphatic carbocycles. The van der Waals surface area contributed by atoms with E-state index in [1.165, 1.54) is 6.07 Å². The van der Waals surface area contributed by atoms with Crippen molar-refractivity contribution in [3.8, 4) is 11.1 Å². The molecule has 0 saturated carbocycles. The van der Waals surface area contributed by atoms with Gasteiger partial charge in [-0.15, -0.1) is 0 Å². The fourth-order valence-corrected chi connectivity index (χ4v) is 4.50. The van der Waals surface area contributed by atoms with E-state index in [1.807, 2.05) is 43.3 Å². The van der Waals surface area contributed by atoms with E-state index in [-0.39, 0.29) is 17.5 Å². The molecule has 0 bridgehead atoms. The number of nitrogens with two attached hydrogens (primary N) is 1. The Labute approximate surface area is 191 Å². The Kier molecular flexibility index (Phi) is 6.09. The number of hydrogen-bond acceptors (Lipinski definition) is 3. The SMILES string of the molecule is CCc1c(CC(N)=O)c2cc(-c3cccc(C(=O)O)c3C=O)ccc2n1Cc1ccccc1. The van der Waals surface area contributed by atoms with Crippen LogP contribution in [0.3, 0.4) is 0 Å². The molecule has 0 fully saturated rings. The Bertz CT molecular complexity index is 1370. The molecule has 6 nitrogen and oxygen atoms in total. The number of carbonyl (C=O) groups excluding carboxylic acids is 2. The van der Waals surface area contributed by atoms with Crippen LogP contribution in [0.4, 0.5) is 0 Å². The van der Waals surface area contributed by atoms with Crippen molar-refractivity contribution in [3.63, 3.8) is 0 Å². The van der Waals surface area contributed by atoms with Crippen LogP contribution in [0.1, 0.15) is 44.5 Å². The van der Waals surface area contributed by atoms with Gasteiger partial charge in [0.2, 0.25) is 5.91 Å². The Morgan fingerprint density at radius 2 is 1.79 bits per heavy atom. The summed E-state index contributed by atoms with van der Waals surface area (Å²) >= 11 is 0. The summed E-state index contributed by atoms with van der Waals surface area (Å²) in [5.74, 6) is -1.58. The maximum absolute atomic E-state index is 11.9. The lowest BCUT2D eigenvalue weighted by Crippen LogP contribution is -2.15. The largest absolute Gasteiger partial charge is 0.478 e. The number of amides is 1. The molecule has 4 aromatic rings. The molecular weight excluding hydrogens is 416 g/mol. The zero-order chi connectivity index (χ0) is 23.5. The summed E-state index contributed by atoms with van der Waals surface area (Å²) in [7, 11) is 0. The minimum Gasteiger partial charge on any atom is -0.478 e. The molecule has 1 amide bonds. The van der Waals surface area contributed by atoms with Crippen LogP contribution in [-0.2, 0) is 24.2 Å². The summed E-state index contributed by atoms with van der Waals surface area (Å²) in [5, 5.41) is 10.4. The number of hydrogen-bond donors (Lipinski definition) is 2. The Morgan fingerprint density at radius 3 is 2.42 bits per heavy atom. The van der Waals surface area contributed by atoms with E-state index in [9.17, 15) is 19.5 Å². The molecule has 6 heteroatoms. The molecule has 0 saturated heterocycles. The zero-order valence-electron chi connectivity index (χ0n) is 18.2. The van der Waals surface area contributed by atoms with Gasteiger partial charge in [0, 0.05) is 28.7 Å². The van der Waals surface area contributed by atoms with Crippen LogP contribution in [0.2, 0.25) is 0 Å². The molecule has 33 heavy (non-hydrogen) atoms. The van der Waals surface area contributed by atoms with Crippen LogP contribution in [0, 0.1) is 0 Å². The molecule has 3 aromatic carbocycles. The van der Waals surface area contributed by atoms with Crippen LogP contribution in [0.15, 0.2) is 66.7 Å². The van der Waals surface area contributed by atoms with Gasteiger partial charge in [-0.2, -0.15) is 0 Å². The third kappa shape index (κ3) is 4.15. The summed E-state index contributed by atoms with van der Waals surface area (Å²) in [6.07, 6.45) is 1.39. The number of carbonyl (C=O) groups is 3. The summed E-state index contributed by atoms with van der Waals surface area (Å²) in [6, 6.07) is 20.6. The number of benzene rings is 3. The van der Waals surface area contributed by atoms with E-state index in [4.69, 9.17) is 5.73 Å². The molecular formula is C27H24N2O4.